The van der Waals surface area contributed by atoms with Gasteiger partial charge in [-0.25, -0.2) is 5.10 Å². The van der Waals surface area contributed by atoms with Crippen LogP contribution in [0, 0.1) is 5.41 Å². The molecule has 0 spiro atoms. The number of nitrogens with one attached hydrogen (secondary N) is 1. The molecule has 0 bridgehead atoms. The highest BCUT2D eigenvalue weighted by Crippen LogP contribution is 2.38. The van der Waals surface area contributed by atoms with E-state index in [0.717, 1.165) is 77.8 Å². The van der Waals surface area contributed by atoms with Crippen LogP contribution in [0.4, 0.5) is 0 Å². The van der Waals surface area contributed by atoms with Crippen LogP contribution in [0.25, 0.3) is 33.3 Å². The second-order valence-corrected chi connectivity index (χ2v) is 10.2. The van der Waals surface area contributed by atoms with Gasteiger partial charge in [0.05, 0.1) is 0 Å². The topological polar surface area (TPSA) is 91.8 Å². The maximum Gasteiger partial charge on any atom is 0.222 e. The molecule has 7 heteroatoms. The summed E-state index contributed by atoms with van der Waals surface area (Å²) in [6.07, 6.45) is 7.36. The van der Waals surface area contributed by atoms with Crippen LogP contribution in [0.5, 0.6) is 0 Å². The van der Waals surface area contributed by atoms with Crippen LogP contribution >= 0.6 is 0 Å². The fourth-order valence-electron chi connectivity index (χ4n) is 5.49. The molecule has 5 rings (SSSR count). The molecule has 3 aromatic carbocycles. The number of aromatic nitrogens is 4. The van der Waals surface area contributed by atoms with Crippen molar-refractivity contribution in [3.05, 3.63) is 66.2 Å². The SMILES string of the molecule is CCCCC(=O)N(Cc1ccc2cc(-c3ccccc3-c3nnn[nH]3)ccc2c1)CC1(C=O)CCCC1. The number of hydrogen-bond donors (Lipinski definition) is 1. The lowest BCUT2D eigenvalue weighted by molar-refractivity contribution is -0.134. The Balaban J connectivity index is 1.41. The predicted octanol–water partition coefficient (Wildman–Crippen LogP) is 5.97. The molecular weight excluding hydrogens is 462 g/mol. The molecule has 1 aliphatic rings. The van der Waals surface area contributed by atoms with Gasteiger partial charge in [0.2, 0.25) is 5.91 Å². The number of aldehydes is 1. The number of nitrogens with zero attached hydrogens (tertiary/aromatic N) is 4. The molecule has 1 fully saturated rings. The molecule has 0 atom stereocenters. The number of fused-ring (bicyclic) bond motifs is 1. The van der Waals surface area contributed by atoms with Gasteiger partial charge in [0, 0.05) is 30.5 Å². The van der Waals surface area contributed by atoms with Crippen molar-refractivity contribution in [2.45, 2.75) is 58.4 Å². The lowest BCUT2D eigenvalue weighted by Gasteiger charge is -2.32. The van der Waals surface area contributed by atoms with Gasteiger partial charge in [-0.15, -0.1) is 5.10 Å². The summed E-state index contributed by atoms with van der Waals surface area (Å²) in [4.78, 5) is 27.1. The van der Waals surface area contributed by atoms with Crippen LogP contribution in [0.15, 0.2) is 60.7 Å². The molecule has 1 aliphatic carbocycles. The number of tetrazole rings is 1. The molecule has 7 nitrogen and oxygen atoms in total. The number of rotatable bonds is 10. The van der Waals surface area contributed by atoms with E-state index in [0.29, 0.717) is 25.3 Å². The summed E-state index contributed by atoms with van der Waals surface area (Å²) in [6, 6.07) is 20.8. The molecule has 0 aliphatic heterocycles. The first-order valence-electron chi connectivity index (χ1n) is 13.2. The predicted molar refractivity (Wildman–Crippen MR) is 144 cm³/mol. The summed E-state index contributed by atoms with van der Waals surface area (Å²) >= 11 is 0. The summed E-state index contributed by atoms with van der Waals surface area (Å²) in [5.41, 5.74) is 3.77. The van der Waals surface area contributed by atoms with Gasteiger partial charge in [-0.3, -0.25) is 4.79 Å². The Labute approximate surface area is 217 Å². The average Bonchev–Trinajstić information content (AvgIpc) is 3.64. The number of aromatic amines is 1. The normalized spacial score (nSPS) is 14.6. The highest BCUT2D eigenvalue weighted by atomic mass is 16.2. The van der Waals surface area contributed by atoms with E-state index in [1.807, 2.05) is 23.1 Å². The van der Waals surface area contributed by atoms with Gasteiger partial charge in [-0.2, -0.15) is 0 Å². The highest BCUT2D eigenvalue weighted by molar-refractivity contribution is 5.90. The van der Waals surface area contributed by atoms with E-state index in [2.05, 4.69) is 70.0 Å². The Hall–Kier alpha value is -3.87. The number of amides is 1. The lowest BCUT2D eigenvalue weighted by atomic mass is 9.87. The van der Waals surface area contributed by atoms with Crippen LogP contribution in [0.1, 0.15) is 57.4 Å². The summed E-state index contributed by atoms with van der Waals surface area (Å²) in [6.45, 7) is 3.14. The summed E-state index contributed by atoms with van der Waals surface area (Å²) in [5.74, 6) is 0.776. The van der Waals surface area contributed by atoms with Gasteiger partial charge in [0.1, 0.15) is 6.29 Å². The second-order valence-electron chi connectivity index (χ2n) is 10.2. The smallest absolute Gasteiger partial charge is 0.222 e. The highest BCUT2D eigenvalue weighted by Gasteiger charge is 2.36. The molecule has 0 saturated heterocycles. The molecular formula is C30H33N5O2. The quantitative estimate of drug-likeness (QED) is 0.274. The Bertz CT molecular complexity index is 1380. The summed E-state index contributed by atoms with van der Waals surface area (Å²) in [7, 11) is 0. The molecule has 1 heterocycles. The third-order valence-electron chi connectivity index (χ3n) is 7.57. The Morgan fingerprint density at radius 3 is 2.51 bits per heavy atom. The monoisotopic (exact) mass is 495 g/mol. The largest absolute Gasteiger partial charge is 0.337 e. The molecule has 1 aromatic heterocycles. The maximum absolute atomic E-state index is 13.1. The van der Waals surface area contributed by atoms with Gasteiger partial charge in [-0.1, -0.05) is 74.7 Å². The minimum atomic E-state index is -0.389. The van der Waals surface area contributed by atoms with Crippen molar-refractivity contribution in [1.29, 1.82) is 0 Å². The van der Waals surface area contributed by atoms with Crippen LogP contribution in [-0.2, 0) is 16.1 Å². The fraction of sp³-hybridized carbons (Fsp3) is 0.367. The Morgan fingerprint density at radius 2 is 1.78 bits per heavy atom. The number of carbonyl (C=O) groups is 2. The average molecular weight is 496 g/mol. The zero-order valence-electron chi connectivity index (χ0n) is 21.3. The van der Waals surface area contributed by atoms with E-state index in [-0.39, 0.29) is 11.3 Å². The Kier molecular flexibility index (Phi) is 7.40. The van der Waals surface area contributed by atoms with Crippen molar-refractivity contribution in [3.8, 4) is 22.5 Å². The van der Waals surface area contributed by atoms with Crippen molar-refractivity contribution in [2.24, 2.45) is 5.41 Å². The summed E-state index contributed by atoms with van der Waals surface area (Å²) in [5, 5.41) is 16.6. The molecule has 190 valence electrons. The number of unbranched alkanes of at least 4 members (excludes halogenated alkanes) is 1. The lowest BCUT2D eigenvalue weighted by Crippen LogP contribution is -2.40. The van der Waals surface area contributed by atoms with Crippen molar-refractivity contribution < 1.29 is 9.59 Å². The van der Waals surface area contributed by atoms with Crippen LogP contribution in [0.3, 0.4) is 0 Å². The van der Waals surface area contributed by atoms with Gasteiger partial charge >= 0.3 is 0 Å². The van der Waals surface area contributed by atoms with E-state index >= 15 is 0 Å². The standard InChI is InChI=1S/C30H33N5O2/c1-2-3-10-28(37)35(20-30(21-36)15-6-7-16-30)19-22-11-12-24-18-25(14-13-23(24)17-22)26-8-4-5-9-27(26)29-31-33-34-32-29/h4-5,8-9,11-14,17-18,21H,2-3,6-7,10,15-16,19-20H2,1H3,(H,31,32,33,34). The van der Waals surface area contributed by atoms with Crippen LogP contribution in [0.2, 0.25) is 0 Å². The van der Waals surface area contributed by atoms with Crippen molar-refractivity contribution in [2.75, 3.05) is 6.54 Å². The molecule has 0 radical (unpaired) electrons. The van der Waals surface area contributed by atoms with Gasteiger partial charge < -0.3 is 9.69 Å². The molecule has 37 heavy (non-hydrogen) atoms. The van der Waals surface area contributed by atoms with Crippen molar-refractivity contribution >= 4 is 23.0 Å². The molecule has 1 saturated carbocycles. The van der Waals surface area contributed by atoms with E-state index in [9.17, 15) is 9.59 Å². The minimum Gasteiger partial charge on any atom is -0.337 e. The van der Waals surface area contributed by atoms with Gasteiger partial charge in [-0.05, 0) is 69.3 Å². The van der Waals surface area contributed by atoms with Crippen LogP contribution in [-0.4, -0.2) is 44.3 Å². The van der Waals surface area contributed by atoms with E-state index in [1.54, 1.807) is 0 Å². The third-order valence-corrected chi connectivity index (χ3v) is 7.57. The molecule has 0 unspecified atom stereocenters. The summed E-state index contributed by atoms with van der Waals surface area (Å²) < 4.78 is 0. The first-order valence-corrected chi connectivity index (χ1v) is 13.2. The zero-order valence-corrected chi connectivity index (χ0v) is 21.3. The maximum atomic E-state index is 13.1. The number of H-pyrrole nitrogens is 1. The van der Waals surface area contributed by atoms with Crippen LogP contribution < -0.4 is 0 Å². The number of benzene rings is 3. The van der Waals surface area contributed by atoms with E-state index in [1.165, 1.54) is 0 Å². The Morgan fingerprint density at radius 1 is 1.03 bits per heavy atom. The van der Waals surface area contributed by atoms with Crippen molar-refractivity contribution in [3.63, 3.8) is 0 Å². The fourth-order valence-corrected chi connectivity index (χ4v) is 5.49. The zero-order chi connectivity index (χ0) is 25.7. The number of carbonyl (C=O) groups excluding carboxylic acids is 2. The minimum absolute atomic E-state index is 0.143. The second kappa shape index (κ2) is 11.0. The van der Waals surface area contributed by atoms with Gasteiger partial charge in [0.25, 0.3) is 0 Å². The molecule has 1 N–H and O–H groups in total. The molecule has 1 amide bonds. The first-order chi connectivity index (χ1) is 18.1. The number of hydrogen-bond acceptors (Lipinski definition) is 5. The van der Waals surface area contributed by atoms with E-state index < -0.39 is 0 Å². The van der Waals surface area contributed by atoms with Crippen molar-refractivity contribution in [1.82, 2.24) is 25.5 Å². The van der Waals surface area contributed by atoms with E-state index in [4.69, 9.17) is 0 Å². The molecule has 4 aromatic rings. The third kappa shape index (κ3) is 5.45. The first kappa shape index (κ1) is 24.8. The van der Waals surface area contributed by atoms with Gasteiger partial charge in [0.15, 0.2) is 5.82 Å².